The van der Waals surface area contributed by atoms with Gasteiger partial charge in [-0.15, -0.1) is 0 Å². The number of hydrogen-bond donors (Lipinski definition) is 1. The van der Waals surface area contributed by atoms with E-state index in [4.69, 9.17) is 11.6 Å². The highest BCUT2D eigenvalue weighted by Crippen LogP contribution is 2.12. The molecule has 0 unspecified atom stereocenters. The number of amides is 1. The maximum Gasteiger partial charge on any atom is 0.271 e. The van der Waals surface area contributed by atoms with Gasteiger partial charge in [-0.05, 0) is 43.3 Å². The Morgan fingerprint density at radius 2 is 1.95 bits per heavy atom. The molecule has 21 heavy (non-hydrogen) atoms. The van der Waals surface area contributed by atoms with Crippen molar-refractivity contribution in [1.29, 1.82) is 0 Å². The Kier molecular flexibility index (Phi) is 4.65. The van der Waals surface area contributed by atoms with Crippen molar-refractivity contribution in [2.24, 2.45) is 5.10 Å². The van der Waals surface area contributed by atoms with E-state index in [9.17, 15) is 13.6 Å². The third-order valence-corrected chi connectivity index (χ3v) is 2.97. The van der Waals surface area contributed by atoms with Crippen molar-refractivity contribution >= 4 is 23.2 Å². The first-order valence-electron chi connectivity index (χ1n) is 6.03. The number of rotatable bonds is 3. The maximum atomic E-state index is 13.5. The molecule has 0 aliphatic rings. The van der Waals surface area contributed by atoms with Gasteiger partial charge < -0.3 is 0 Å². The summed E-state index contributed by atoms with van der Waals surface area (Å²) in [6.07, 6.45) is 0. The lowest BCUT2D eigenvalue weighted by atomic mass is 10.1. The van der Waals surface area contributed by atoms with Gasteiger partial charge in [0.05, 0.1) is 5.71 Å². The van der Waals surface area contributed by atoms with Crippen LogP contribution < -0.4 is 5.43 Å². The lowest BCUT2D eigenvalue weighted by Gasteiger charge is -2.04. The van der Waals surface area contributed by atoms with Gasteiger partial charge in [-0.3, -0.25) is 4.79 Å². The summed E-state index contributed by atoms with van der Waals surface area (Å²) >= 11 is 5.78. The van der Waals surface area contributed by atoms with Crippen molar-refractivity contribution in [3.05, 3.63) is 70.2 Å². The van der Waals surface area contributed by atoms with Crippen LogP contribution >= 0.6 is 11.6 Å². The molecule has 0 bridgehead atoms. The second-order valence-electron chi connectivity index (χ2n) is 4.27. The van der Waals surface area contributed by atoms with E-state index in [1.807, 2.05) is 0 Å². The van der Waals surface area contributed by atoms with Gasteiger partial charge in [0.1, 0.15) is 11.6 Å². The topological polar surface area (TPSA) is 41.5 Å². The first-order chi connectivity index (χ1) is 9.97. The minimum absolute atomic E-state index is 0.0126. The Balaban J connectivity index is 2.17. The number of nitrogens with zero attached hydrogens (tertiary/aromatic N) is 1. The smallest absolute Gasteiger partial charge is 0.267 e. The molecule has 0 radical (unpaired) electrons. The Labute approximate surface area is 125 Å². The molecule has 0 saturated heterocycles. The fraction of sp³-hybridized carbons (Fsp3) is 0.0667. The quantitative estimate of drug-likeness (QED) is 0.680. The van der Waals surface area contributed by atoms with Gasteiger partial charge in [-0.25, -0.2) is 14.2 Å². The van der Waals surface area contributed by atoms with Crippen molar-refractivity contribution in [3.63, 3.8) is 0 Å². The van der Waals surface area contributed by atoms with Crippen LogP contribution in [0.25, 0.3) is 0 Å². The van der Waals surface area contributed by atoms with E-state index in [1.165, 1.54) is 13.0 Å². The molecule has 0 aliphatic heterocycles. The largest absolute Gasteiger partial charge is 0.271 e. The molecule has 0 aromatic heterocycles. The van der Waals surface area contributed by atoms with Crippen molar-refractivity contribution in [2.45, 2.75) is 6.92 Å². The van der Waals surface area contributed by atoms with Crippen LogP contribution in [-0.2, 0) is 0 Å². The van der Waals surface area contributed by atoms with Crippen molar-refractivity contribution in [1.82, 2.24) is 5.43 Å². The molecular formula is C15H11ClF2N2O. The summed E-state index contributed by atoms with van der Waals surface area (Å²) in [5, 5.41) is 4.19. The minimum Gasteiger partial charge on any atom is -0.267 e. The summed E-state index contributed by atoms with van der Waals surface area (Å²) < 4.78 is 26.6. The predicted octanol–water partition coefficient (Wildman–Crippen LogP) is 3.77. The van der Waals surface area contributed by atoms with Crippen molar-refractivity contribution in [3.8, 4) is 0 Å². The van der Waals surface area contributed by atoms with E-state index in [2.05, 4.69) is 10.5 Å². The average Bonchev–Trinajstić information content (AvgIpc) is 2.47. The molecule has 2 aromatic carbocycles. The van der Waals surface area contributed by atoms with Crippen LogP contribution in [0.4, 0.5) is 8.78 Å². The van der Waals surface area contributed by atoms with E-state index in [-0.39, 0.29) is 11.3 Å². The average molecular weight is 309 g/mol. The molecule has 0 fully saturated rings. The third-order valence-electron chi connectivity index (χ3n) is 2.73. The van der Waals surface area contributed by atoms with Crippen LogP contribution in [0.5, 0.6) is 0 Å². The summed E-state index contributed by atoms with van der Waals surface area (Å²) in [5.41, 5.74) is 2.73. The summed E-state index contributed by atoms with van der Waals surface area (Å²) in [4.78, 5) is 11.8. The molecule has 108 valence electrons. The molecule has 0 spiro atoms. The Morgan fingerprint density at radius 3 is 2.67 bits per heavy atom. The number of carbonyl (C=O) groups excluding carboxylic acids is 1. The molecule has 0 atom stereocenters. The van der Waals surface area contributed by atoms with Gasteiger partial charge in [0.15, 0.2) is 0 Å². The van der Waals surface area contributed by atoms with E-state index < -0.39 is 17.5 Å². The highest BCUT2D eigenvalue weighted by Gasteiger charge is 2.09. The van der Waals surface area contributed by atoms with Crippen LogP contribution in [0.1, 0.15) is 22.8 Å². The molecule has 2 rings (SSSR count). The van der Waals surface area contributed by atoms with Crippen LogP contribution in [0.15, 0.2) is 47.6 Å². The van der Waals surface area contributed by atoms with Gasteiger partial charge in [0, 0.05) is 16.1 Å². The predicted molar refractivity (Wildman–Crippen MR) is 77.5 cm³/mol. The molecule has 1 N–H and O–H groups in total. The maximum absolute atomic E-state index is 13.5. The number of halogens is 3. The second-order valence-corrected chi connectivity index (χ2v) is 4.71. The van der Waals surface area contributed by atoms with Crippen molar-refractivity contribution < 1.29 is 13.6 Å². The lowest BCUT2D eigenvalue weighted by Crippen LogP contribution is -2.19. The number of carbonyl (C=O) groups is 1. The summed E-state index contributed by atoms with van der Waals surface area (Å²) in [5.74, 6) is -1.69. The van der Waals surface area contributed by atoms with Crippen LogP contribution in [-0.4, -0.2) is 11.6 Å². The molecular weight excluding hydrogens is 298 g/mol. The Morgan fingerprint density at radius 1 is 1.19 bits per heavy atom. The number of hydrogen-bond acceptors (Lipinski definition) is 2. The third kappa shape index (κ3) is 3.86. The zero-order chi connectivity index (χ0) is 15.4. The summed E-state index contributed by atoms with van der Waals surface area (Å²) in [6, 6.07) is 9.33. The highest BCUT2D eigenvalue weighted by molar-refractivity contribution is 6.30. The van der Waals surface area contributed by atoms with Crippen LogP contribution in [0.3, 0.4) is 0 Å². The first-order valence-corrected chi connectivity index (χ1v) is 6.41. The Bertz CT molecular complexity index is 717. The number of hydrazone groups is 1. The van der Waals surface area contributed by atoms with Gasteiger partial charge in [-0.2, -0.15) is 5.10 Å². The van der Waals surface area contributed by atoms with E-state index in [0.717, 1.165) is 18.2 Å². The normalized spacial score (nSPS) is 11.3. The zero-order valence-electron chi connectivity index (χ0n) is 11.0. The molecule has 0 saturated carbocycles. The van der Waals surface area contributed by atoms with Crippen LogP contribution in [0, 0.1) is 11.6 Å². The monoisotopic (exact) mass is 308 g/mol. The van der Waals surface area contributed by atoms with E-state index in [1.54, 1.807) is 18.2 Å². The van der Waals surface area contributed by atoms with Crippen LogP contribution in [0.2, 0.25) is 5.02 Å². The fourth-order valence-electron chi connectivity index (χ4n) is 1.66. The molecule has 0 aliphatic carbocycles. The summed E-state index contributed by atoms with van der Waals surface area (Å²) in [6.45, 7) is 1.47. The fourth-order valence-corrected chi connectivity index (χ4v) is 1.85. The number of benzene rings is 2. The second kappa shape index (κ2) is 6.45. The van der Waals surface area contributed by atoms with Gasteiger partial charge >= 0.3 is 0 Å². The van der Waals surface area contributed by atoms with E-state index >= 15 is 0 Å². The molecule has 3 nitrogen and oxygen atoms in total. The lowest BCUT2D eigenvalue weighted by molar-refractivity contribution is 0.0955. The summed E-state index contributed by atoms with van der Waals surface area (Å²) in [7, 11) is 0. The zero-order valence-corrected chi connectivity index (χ0v) is 11.8. The van der Waals surface area contributed by atoms with Gasteiger partial charge in [-0.1, -0.05) is 17.7 Å². The van der Waals surface area contributed by atoms with E-state index in [0.29, 0.717) is 10.6 Å². The standard InChI is InChI=1S/C15H11ClF2N2O/c1-9(13-8-12(17)5-6-14(13)18)19-20-15(21)10-3-2-4-11(16)7-10/h2-8H,1H3,(H,20,21)/b19-9-. The first kappa shape index (κ1) is 15.1. The number of nitrogens with one attached hydrogen (secondary N) is 1. The minimum atomic E-state index is -0.616. The molecule has 6 heteroatoms. The van der Waals surface area contributed by atoms with Crippen molar-refractivity contribution in [2.75, 3.05) is 0 Å². The Hall–Kier alpha value is -2.27. The van der Waals surface area contributed by atoms with Gasteiger partial charge in [0.25, 0.3) is 5.91 Å². The molecule has 2 aromatic rings. The molecule has 1 amide bonds. The SMILES string of the molecule is C/C(=N/NC(=O)c1cccc(Cl)c1)c1cc(F)ccc1F. The highest BCUT2D eigenvalue weighted by atomic mass is 35.5. The molecule has 0 heterocycles. The van der Waals surface area contributed by atoms with Gasteiger partial charge in [0.2, 0.25) is 0 Å².